The van der Waals surface area contributed by atoms with Crippen molar-refractivity contribution in [3.05, 3.63) is 71.8 Å². The van der Waals surface area contributed by atoms with Crippen LogP contribution in [0.1, 0.15) is 79.4 Å². The predicted molar refractivity (Wildman–Crippen MR) is 180 cm³/mol. The molecule has 0 heterocycles. The molecule has 0 saturated carbocycles. The summed E-state index contributed by atoms with van der Waals surface area (Å²) in [6.07, 6.45) is -0.812. The molecular formula is C36H54N4O6. The van der Waals surface area contributed by atoms with Crippen LogP contribution in [0.2, 0.25) is 0 Å². The normalized spacial score (nSPS) is 15.4. The number of alkyl carbamates (subject to hydrolysis) is 1. The standard InChI is InChI=1S/C36H54N4O6/c1-9-24(4)31(40-35(45)46-36(6,7)8)34(44)38-28(21-26-16-12-10-13-17-26)33(43)39-30(23(2)3)29(41)20-25(5)32(42)37-22-27-18-14-11-15-19-27/h10-19,23-25,28-31,41H,9,20-22H2,1-8H3,(H,37,42)(H,38,44)(H,39,43)(H,40,45)/t24?,25-,28+,29+,30+,31+/m1/s1. The van der Waals surface area contributed by atoms with E-state index in [9.17, 15) is 24.3 Å². The van der Waals surface area contributed by atoms with Crippen molar-refractivity contribution in [2.45, 2.75) is 111 Å². The van der Waals surface area contributed by atoms with E-state index in [1.165, 1.54) is 0 Å². The number of rotatable bonds is 16. The maximum Gasteiger partial charge on any atom is 0.408 e. The van der Waals surface area contributed by atoms with E-state index >= 15 is 0 Å². The van der Waals surface area contributed by atoms with Crippen molar-refractivity contribution in [2.24, 2.45) is 17.8 Å². The lowest BCUT2D eigenvalue weighted by Gasteiger charge is -2.32. The first-order chi connectivity index (χ1) is 21.6. The Hall–Kier alpha value is -3.92. The molecule has 5 N–H and O–H groups in total. The number of hydrogen-bond acceptors (Lipinski definition) is 6. The maximum atomic E-state index is 13.8. The van der Waals surface area contributed by atoms with Gasteiger partial charge in [0.05, 0.1) is 12.1 Å². The molecule has 46 heavy (non-hydrogen) atoms. The van der Waals surface area contributed by atoms with Gasteiger partial charge in [-0.1, -0.05) is 102 Å². The number of nitrogens with one attached hydrogen (secondary N) is 4. The molecule has 1 unspecified atom stereocenters. The fraction of sp³-hybridized carbons (Fsp3) is 0.556. The minimum Gasteiger partial charge on any atom is -0.444 e. The highest BCUT2D eigenvalue weighted by molar-refractivity contribution is 5.91. The Labute approximate surface area is 274 Å². The Morgan fingerprint density at radius 1 is 0.783 bits per heavy atom. The molecule has 0 saturated heterocycles. The highest BCUT2D eigenvalue weighted by Gasteiger charge is 2.34. The second-order valence-electron chi connectivity index (χ2n) is 13.4. The van der Waals surface area contributed by atoms with E-state index in [1.807, 2.05) is 88.4 Å². The van der Waals surface area contributed by atoms with Gasteiger partial charge >= 0.3 is 6.09 Å². The summed E-state index contributed by atoms with van der Waals surface area (Å²) in [6, 6.07) is 16.2. The molecule has 6 atom stereocenters. The molecule has 0 spiro atoms. The van der Waals surface area contributed by atoms with Gasteiger partial charge in [0.15, 0.2) is 0 Å². The Morgan fingerprint density at radius 3 is 1.87 bits per heavy atom. The van der Waals surface area contributed by atoms with Gasteiger partial charge in [0.2, 0.25) is 17.7 Å². The van der Waals surface area contributed by atoms with Crippen molar-refractivity contribution < 1.29 is 29.0 Å². The maximum absolute atomic E-state index is 13.8. The second kappa shape index (κ2) is 18.3. The zero-order chi connectivity index (χ0) is 34.4. The van der Waals surface area contributed by atoms with Crippen molar-refractivity contribution in [3.63, 3.8) is 0 Å². The van der Waals surface area contributed by atoms with E-state index < -0.39 is 53.7 Å². The molecule has 2 rings (SSSR count). The van der Waals surface area contributed by atoms with Gasteiger partial charge in [-0.05, 0) is 50.2 Å². The Morgan fingerprint density at radius 2 is 1.35 bits per heavy atom. The summed E-state index contributed by atoms with van der Waals surface area (Å²) in [5.41, 5.74) is 1.05. The third kappa shape index (κ3) is 13.2. The average Bonchev–Trinajstić information content (AvgIpc) is 3.00. The van der Waals surface area contributed by atoms with Crippen LogP contribution in [-0.2, 0) is 32.1 Å². The van der Waals surface area contributed by atoms with Gasteiger partial charge in [-0.25, -0.2) is 4.79 Å². The van der Waals surface area contributed by atoms with E-state index in [2.05, 4.69) is 21.3 Å². The SMILES string of the molecule is CCC(C)[C@H](NC(=O)OC(C)(C)C)C(=O)N[C@@H](Cc1ccccc1)C(=O)N[C@@H](C(C)C)[C@@H](O)C[C@@H](C)C(=O)NCc1ccccc1. The molecule has 2 aromatic carbocycles. The molecule has 2 aromatic rings. The summed E-state index contributed by atoms with van der Waals surface area (Å²) < 4.78 is 5.39. The van der Waals surface area contributed by atoms with Crippen LogP contribution in [0.3, 0.4) is 0 Å². The lowest BCUT2D eigenvalue weighted by Crippen LogP contribution is -2.59. The van der Waals surface area contributed by atoms with Gasteiger partial charge in [-0.15, -0.1) is 0 Å². The van der Waals surface area contributed by atoms with Crippen LogP contribution in [0.5, 0.6) is 0 Å². The van der Waals surface area contributed by atoms with Crippen LogP contribution < -0.4 is 21.3 Å². The van der Waals surface area contributed by atoms with Crippen molar-refractivity contribution in [1.29, 1.82) is 0 Å². The first-order valence-electron chi connectivity index (χ1n) is 16.2. The average molecular weight is 639 g/mol. The topological polar surface area (TPSA) is 146 Å². The summed E-state index contributed by atoms with van der Waals surface area (Å²) in [4.78, 5) is 52.9. The number of ether oxygens (including phenoxy) is 1. The molecule has 254 valence electrons. The zero-order valence-electron chi connectivity index (χ0n) is 28.6. The summed E-state index contributed by atoms with van der Waals surface area (Å²) in [5.74, 6) is -2.11. The summed E-state index contributed by atoms with van der Waals surface area (Å²) in [5, 5.41) is 22.6. The van der Waals surface area contributed by atoms with Gasteiger partial charge in [-0.3, -0.25) is 14.4 Å². The first kappa shape index (κ1) is 38.3. The van der Waals surface area contributed by atoms with Crippen molar-refractivity contribution >= 4 is 23.8 Å². The minimum absolute atomic E-state index is 0.134. The lowest BCUT2D eigenvalue weighted by atomic mass is 9.90. The monoisotopic (exact) mass is 638 g/mol. The fourth-order valence-corrected chi connectivity index (χ4v) is 5.00. The fourth-order valence-electron chi connectivity index (χ4n) is 5.00. The number of aliphatic hydroxyl groups excluding tert-OH is 1. The Balaban J connectivity index is 2.19. The van der Waals surface area contributed by atoms with Gasteiger partial charge < -0.3 is 31.1 Å². The van der Waals surface area contributed by atoms with Crippen LogP contribution in [-0.4, -0.2) is 58.8 Å². The van der Waals surface area contributed by atoms with Crippen LogP contribution >= 0.6 is 0 Å². The van der Waals surface area contributed by atoms with Crippen molar-refractivity contribution in [1.82, 2.24) is 21.3 Å². The van der Waals surface area contributed by atoms with E-state index in [0.717, 1.165) is 11.1 Å². The van der Waals surface area contributed by atoms with Crippen LogP contribution in [0.4, 0.5) is 4.79 Å². The molecule has 0 aliphatic rings. The zero-order valence-corrected chi connectivity index (χ0v) is 28.6. The molecular weight excluding hydrogens is 584 g/mol. The highest BCUT2D eigenvalue weighted by Crippen LogP contribution is 2.17. The number of hydrogen-bond donors (Lipinski definition) is 5. The number of amides is 4. The van der Waals surface area contributed by atoms with Crippen LogP contribution in [0, 0.1) is 17.8 Å². The molecule has 0 aliphatic carbocycles. The first-order valence-corrected chi connectivity index (χ1v) is 16.2. The van der Waals surface area contributed by atoms with Crippen LogP contribution in [0.15, 0.2) is 60.7 Å². The smallest absolute Gasteiger partial charge is 0.408 e. The van der Waals surface area contributed by atoms with Crippen molar-refractivity contribution in [3.8, 4) is 0 Å². The number of carbonyl (C=O) groups is 4. The van der Waals surface area contributed by atoms with E-state index in [0.29, 0.717) is 13.0 Å². The summed E-state index contributed by atoms with van der Waals surface area (Å²) >= 11 is 0. The second-order valence-corrected chi connectivity index (χ2v) is 13.4. The highest BCUT2D eigenvalue weighted by atomic mass is 16.6. The van der Waals surface area contributed by atoms with Crippen LogP contribution in [0.25, 0.3) is 0 Å². The molecule has 10 nitrogen and oxygen atoms in total. The summed E-state index contributed by atoms with van der Waals surface area (Å²) in [7, 11) is 0. The third-order valence-corrected chi connectivity index (χ3v) is 7.88. The van der Waals surface area contributed by atoms with Gasteiger partial charge in [0.25, 0.3) is 0 Å². The Kier molecular flexibility index (Phi) is 15.2. The minimum atomic E-state index is -1.02. The van der Waals surface area contributed by atoms with E-state index in [4.69, 9.17) is 4.74 Å². The summed E-state index contributed by atoms with van der Waals surface area (Å²) in [6.45, 7) is 14.8. The molecule has 10 heteroatoms. The number of aliphatic hydroxyl groups is 1. The number of benzene rings is 2. The molecule has 0 bridgehead atoms. The van der Waals surface area contributed by atoms with Gasteiger partial charge in [-0.2, -0.15) is 0 Å². The Bertz CT molecular complexity index is 1250. The predicted octanol–water partition coefficient (Wildman–Crippen LogP) is 4.50. The lowest BCUT2D eigenvalue weighted by molar-refractivity contribution is -0.132. The van der Waals surface area contributed by atoms with Gasteiger partial charge in [0, 0.05) is 18.9 Å². The molecule has 0 aliphatic heterocycles. The molecule has 0 fully saturated rings. The quantitative estimate of drug-likeness (QED) is 0.183. The third-order valence-electron chi connectivity index (χ3n) is 7.88. The van der Waals surface area contributed by atoms with E-state index in [-0.39, 0.29) is 30.6 Å². The van der Waals surface area contributed by atoms with E-state index in [1.54, 1.807) is 27.7 Å². The van der Waals surface area contributed by atoms with Gasteiger partial charge in [0.1, 0.15) is 17.7 Å². The largest absolute Gasteiger partial charge is 0.444 e. The number of carbonyl (C=O) groups excluding carboxylic acids is 4. The molecule has 0 aromatic heterocycles. The van der Waals surface area contributed by atoms with Crippen molar-refractivity contribution in [2.75, 3.05) is 0 Å². The molecule has 0 radical (unpaired) electrons. The molecule has 4 amide bonds.